The Kier molecular flexibility index (Phi) is 5.16. The van der Waals surface area contributed by atoms with Crippen molar-refractivity contribution < 1.29 is 24.2 Å². The Bertz CT molecular complexity index is 877. The first-order valence-corrected chi connectivity index (χ1v) is 9.13. The van der Waals surface area contributed by atoms with Gasteiger partial charge < -0.3 is 19.9 Å². The number of ether oxygens (including phenoxy) is 2. The van der Waals surface area contributed by atoms with Crippen molar-refractivity contribution in [3.8, 4) is 11.4 Å². The van der Waals surface area contributed by atoms with Gasteiger partial charge in [0, 0.05) is 18.4 Å². The van der Waals surface area contributed by atoms with Gasteiger partial charge in [-0.2, -0.15) is 5.10 Å². The van der Waals surface area contributed by atoms with Gasteiger partial charge in [-0.05, 0) is 19.1 Å². The van der Waals surface area contributed by atoms with Crippen molar-refractivity contribution in [3.05, 3.63) is 42.2 Å². The first-order chi connectivity index (χ1) is 13.3. The zero-order chi connectivity index (χ0) is 20.5. The van der Waals surface area contributed by atoms with E-state index >= 15 is 0 Å². The first-order valence-electron chi connectivity index (χ1n) is 9.13. The number of para-hydroxylation sites is 1. The van der Waals surface area contributed by atoms with Gasteiger partial charge in [0.25, 0.3) is 5.91 Å². The smallest absolute Gasteiger partial charge is 0.330 e. The number of amides is 1. The molecule has 150 valence electrons. The fourth-order valence-electron chi connectivity index (χ4n) is 3.67. The van der Waals surface area contributed by atoms with Gasteiger partial charge in [-0.15, -0.1) is 0 Å². The Morgan fingerprint density at radius 1 is 1.32 bits per heavy atom. The number of methoxy groups -OCH3 is 1. The number of aromatic nitrogens is 2. The highest BCUT2D eigenvalue weighted by Gasteiger charge is 2.66. The van der Waals surface area contributed by atoms with Crippen LogP contribution in [0.15, 0.2) is 36.5 Å². The van der Waals surface area contributed by atoms with E-state index in [1.165, 1.54) is 11.8 Å². The van der Waals surface area contributed by atoms with Crippen molar-refractivity contribution in [2.45, 2.75) is 38.8 Å². The average Bonchev–Trinajstić information content (AvgIpc) is 3.12. The Labute approximate surface area is 163 Å². The molecule has 2 unspecified atom stereocenters. The highest BCUT2D eigenvalue weighted by molar-refractivity contribution is 5.99. The van der Waals surface area contributed by atoms with Crippen LogP contribution >= 0.6 is 0 Å². The van der Waals surface area contributed by atoms with E-state index in [2.05, 4.69) is 10.4 Å². The number of benzene rings is 1. The lowest BCUT2D eigenvalue weighted by atomic mass is 9.54. The Hall–Kier alpha value is -2.87. The maximum absolute atomic E-state index is 13.0. The molecule has 1 saturated carbocycles. The summed E-state index contributed by atoms with van der Waals surface area (Å²) in [5.74, 6) is -1.43. The molecule has 1 fully saturated rings. The monoisotopic (exact) mass is 387 g/mol. The summed E-state index contributed by atoms with van der Waals surface area (Å²) >= 11 is 0. The predicted octanol–water partition coefficient (Wildman–Crippen LogP) is 2.27. The topological polar surface area (TPSA) is 103 Å². The van der Waals surface area contributed by atoms with Crippen molar-refractivity contribution >= 4 is 11.9 Å². The van der Waals surface area contributed by atoms with E-state index in [1.807, 2.05) is 37.3 Å². The fourth-order valence-corrected chi connectivity index (χ4v) is 3.67. The van der Waals surface area contributed by atoms with E-state index in [9.17, 15) is 14.7 Å². The minimum absolute atomic E-state index is 0.0302. The quantitative estimate of drug-likeness (QED) is 0.756. The minimum atomic E-state index is -1.44. The molecule has 2 aromatic rings. The molecule has 8 nitrogen and oxygen atoms in total. The second kappa shape index (κ2) is 7.27. The number of hydrogen-bond donors (Lipinski definition) is 2. The Morgan fingerprint density at radius 3 is 2.54 bits per heavy atom. The van der Waals surface area contributed by atoms with Gasteiger partial charge in [-0.1, -0.05) is 32.0 Å². The van der Waals surface area contributed by atoms with Crippen molar-refractivity contribution in [1.29, 1.82) is 0 Å². The number of hydrogen-bond acceptors (Lipinski definition) is 5. The van der Waals surface area contributed by atoms with Gasteiger partial charge in [0.15, 0.2) is 11.4 Å². The van der Waals surface area contributed by atoms with Crippen LogP contribution in [0.3, 0.4) is 0 Å². The highest BCUT2D eigenvalue weighted by Crippen LogP contribution is 2.51. The lowest BCUT2D eigenvalue weighted by Crippen LogP contribution is -2.76. The van der Waals surface area contributed by atoms with Crippen LogP contribution in [0, 0.1) is 5.41 Å². The van der Waals surface area contributed by atoms with E-state index in [0.717, 1.165) is 5.69 Å². The standard InChI is InChI=1S/C20H25N3O5/c1-5-28-15-11-20(18(25)26,19(15,2)3)21-17(24)16-14(27-4)12-23(22-16)13-9-7-6-8-10-13/h6-10,12,15H,5,11H2,1-4H3,(H,21,24)(H,25,26). The molecule has 1 aliphatic carbocycles. The van der Waals surface area contributed by atoms with Crippen LogP contribution in [-0.2, 0) is 9.53 Å². The summed E-state index contributed by atoms with van der Waals surface area (Å²) in [4.78, 5) is 25.1. The zero-order valence-corrected chi connectivity index (χ0v) is 16.4. The van der Waals surface area contributed by atoms with E-state index in [1.54, 1.807) is 20.0 Å². The maximum Gasteiger partial charge on any atom is 0.330 e. The molecule has 0 radical (unpaired) electrons. The van der Waals surface area contributed by atoms with Crippen molar-refractivity contribution in [3.63, 3.8) is 0 Å². The molecule has 0 bridgehead atoms. The molecule has 28 heavy (non-hydrogen) atoms. The molecule has 0 spiro atoms. The number of nitrogens with one attached hydrogen (secondary N) is 1. The maximum atomic E-state index is 13.0. The molecular weight excluding hydrogens is 362 g/mol. The van der Waals surface area contributed by atoms with Gasteiger partial charge in [-0.3, -0.25) is 4.79 Å². The van der Waals surface area contributed by atoms with Gasteiger partial charge >= 0.3 is 5.97 Å². The summed E-state index contributed by atoms with van der Waals surface area (Å²) in [5, 5.41) is 16.9. The fraction of sp³-hybridized carbons (Fsp3) is 0.450. The molecular formula is C20H25N3O5. The van der Waals surface area contributed by atoms with Gasteiger partial charge in [0.1, 0.15) is 5.54 Å². The van der Waals surface area contributed by atoms with Crippen molar-refractivity contribution in [1.82, 2.24) is 15.1 Å². The molecule has 0 aliphatic heterocycles. The number of aliphatic carboxylic acids is 1. The van der Waals surface area contributed by atoms with E-state index in [4.69, 9.17) is 9.47 Å². The minimum Gasteiger partial charge on any atom is -0.493 e. The summed E-state index contributed by atoms with van der Waals surface area (Å²) in [6.45, 7) is 5.90. The average molecular weight is 387 g/mol. The summed E-state index contributed by atoms with van der Waals surface area (Å²) in [7, 11) is 1.44. The molecule has 1 aromatic carbocycles. The Morgan fingerprint density at radius 2 is 2.00 bits per heavy atom. The van der Waals surface area contributed by atoms with Crippen molar-refractivity contribution in [2.24, 2.45) is 5.41 Å². The van der Waals surface area contributed by atoms with Crippen LogP contribution < -0.4 is 10.1 Å². The third kappa shape index (κ3) is 3.03. The van der Waals surface area contributed by atoms with Crippen molar-refractivity contribution in [2.75, 3.05) is 13.7 Å². The molecule has 8 heteroatoms. The van der Waals surface area contributed by atoms with Gasteiger partial charge in [0.05, 0.1) is 25.1 Å². The summed E-state index contributed by atoms with van der Waals surface area (Å²) in [6, 6.07) is 9.27. The summed E-state index contributed by atoms with van der Waals surface area (Å²) in [5.41, 5.74) is -1.43. The first kappa shape index (κ1) is 19.9. The van der Waals surface area contributed by atoms with Crippen LogP contribution in [0.2, 0.25) is 0 Å². The molecule has 1 amide bonds. The SMILES string of the molecule is CCOC1CC(NC(=O)c2nn(-c3ccccc3)cc2OC)(C(=O)O)C1(C)C. The molecule has 2 atom stereocenters. The summed E-state index contributed by atoms with van der Waals surface area (Å²) in [6.07, 6.45) is 1.53. The predicted molar refractivity (Wildman–Crippen MR) is 102 cm³/mol. The number of nitrogens with zero attached hydrogens (tertiary/aromatic N) is 2. The normalized spacial score (nSPS) is 22.9. The molecule has 2 N–H and O–H groups in total. The molecule has 1 aliphatic rings. The zero-order valence-electron chi connectivity index (χ0n) is 16.4. The number of carboxylic acid groups (broad SMARTS) is 1. The van der Waals surface area contributed by atoms with Gasteiger partial charge in [-0.25, -0.2) is 9.48 Å². The molecule has 0 saturated heterocycles. The van der Waals surface area contributed by atoms with Crippen LogP contribution in [0.5, 0.6) is 5.75 Å². The van der Waals surface area contributed by atoms with E-state index < -0.39 is 22.8 Å². The lowest BCUT2D eigenvalue weighted by Gasteiger charge is -2.58. The largest absolute Gasteiger partial charge is 0.493 e. The Balaban J connectivity index is 1.90. The molecule has 1 aromatic heterocycles. The lowest BCUT2D eigenvalue weighted by molar-refractivity contribution is -0.190. The van der Waals surface area contributed by atoms with Crippen LogP contribution in [0.1, 0.15) is 37.7 Å². The van der Waals surface area contributed by atoms with Crippen LogP contribution in [0.4, 0.5) is 0 Å². The third-order valence-electron chi connectivity index (χ3n) is 5.59. The third-order valence-corrected chi connectivity index (χ3v) is 5.59. The highest BCUT2D eigenvalue weighted by atomic mass is 16.5. The second-order valence-corrected chi connectivity index (χ2v) is 7.36. The molecule has 3 rings (SSSR count). The summed E-state index contributed by atoms with van der Waals surface area (Å²) < 4.78 is 12.4. The number of carbonyl (C=O) groups is 2. The van der Waals surface area contributed by atoms with E-state index in [0.29, 0.717) is 6.61 Å². The second-order valence-electron chi connectivity index (χ2n) is 7.36. The van der Waals surface area contributed by atoms with E-state index in [-0.39, 0.29) is 24.0 Å². The molecule has 1 heterocycles. The van der Waals surface area contributed by atoms with Gasteiger partial charge in [0.2, 0.25) is 0 Å². The number of carbonyl (C=O) groups excluding carboxylic acids is 1. The van der Waals surface area contributed by atoms with Crippen LogP contribution in [0.25, 0.3) is 5.69 Å². The van der Waals surface area contributed by atoms with Crippen LogP contribution in [-0.4, -0.2) is 52.1 Å². The number of rotatable bonds is 7. The number of carboxylic acids is 1.